The molecule has 0 unspecified atom stereocenters. The van der Waals surface area contributed by atoms with E-state index in [-0.39, 0.29) is 4.32 Å². The van der Waals surface area contributed by atoms with E-state index in [1.165, 1.54) is 28.3 Å². The van der Waals surface area contributed by atoms with Gasteiger partial charge in [-0.15, -0.1) is 0 Å². The van der Waals surface area contributed by atoms with Crippen LogP contribution in [0.25, 0.3) is 6.08 Å². The van der Waals surface area contributed by atoms with Gasteiger partial charge in [-0.2, -0.15) is 0 Å². The number of carbonyl (C=O) groups is 2. The average Bonchev–Trinajstić information content (AvgIpc) is 2.86. The molecule has 25 heavy (non-hydrogen) atoms. The number of thioether (sulfide) groups is 1. The van der Waals surface area contributed by atoms with Crippen LogP contribution >= 0.6 is 24.0 Å². The molecule has 0 spiro atoms. The maximum absolute atomic E-state index is 12.5. The third-order valence-electron chi connectivity index (χ3n) is 3.54. The Hall–Kier alpha value is -2.26. The lowest BCUT2D eigenvalue weighted by Crippen LogP contribution is -2.48. The maximum atomic E-state index is 12.5. The molecule has 1 fully saturated rings. The van der Waals surface area contributed by atoms with Gasteiger partial charge in [-0.1, -0.05) is 24.0 Å². The predicted molar refractivity (Wildman–Crippen MR) is 95.6 cm³/mol. The number of methoxy groups -OCH3 is 3. The molecule has 1 atom stereocenters. The number of benzene rings is 1. The Bertz CT molecular complexity index is 736. The summed E-state index contributed by atoms with van der Waals surface area (Å²) in [6, 6.07) is 2.21. The molecule has 9 heteroatoms. The number of carboxylic acid groups (broad SMARTS) is 1. The highest BCUT2D eigenvalue weighted by Crippen LogP contribution is 2.40. The normalized spacial score (nSPS) is 17.0. The van der Waals surface area contributed by atoms with Crippen LogP contribution < -0.4 is 19.3 Å². The smallest absolute Gasteiger partial charge is 0.266 e. The van der Waals surface area contributed by atoms with Gasteiger partial charge < -0.3 is 24.1 Å². The van der Waals surface area contributed by atoms with E-state index < -0.39 is 17.9 Å². The van der Waals surface area contributed by atoms with Gasteiger partial charge in [0.05, 0.1) is 38.2 Å². The van der Waals surface area contributed by atoms with Gasteiger partial charge in [-0.3, -0.25) is 9.69 Å². The Morgan fingerprint density at radius 1 is 1.24 bits per heavy atom. The van der Waals surface area contributed by atoms with Gasteiger partial charge in [-0.25, -0.2) is 0 Å². The number of carboxylic acids is 1. The van der Waals surface area contributed by atoms with Crippen LogP contribution in [0.3, 0.4) is 0 Å². The number of hydrogen-bond acceptors (Lipinski definition) is 8. The van der Waals surface area contributed by atoms with Crippen molar-refractivity contribution in [2.75, 3.05) is 21.3 Å². The summed E-state index contributed by atoms with van der Waals surface area (Å²) in [6.45, 7) is 1.35. The summed E-state index contributed by atoms with van der Waals surface area (Å²) in [5, 5.41) is 11.0. The van der Waals surface area contributed by atoms with Crippen molar-refractivity contribution in [3.8, 4) is 17.2 Å². The van der Waals surface area contributed by atoms with Gasteiger partial charge in [0.2, 0.25) is 5.75 Å². The minimum Gasteiger partial charge on any atom is -0.548 e. The highest BCUT2D eigenvalue weighted by Gasteiger charge is 2.35. The fourth-order valence-electron chi connectivity index (χ4n) is 2.26. The van der Waals surface area contributed by atoms with Gasteiger partial charge >= 0.3 is 0 Å². The summed E-state index contributed by atoms with van der Waals surface area (Å²) >= 11 is 6.13. The van der Waals surface area contributed by atoms with Gasteiger partial charge in [0.1, 0.15) is 4.32 Å². The van der Waals surface area contributed by atoms with E-state index >= 15 is 0 Å². The fraction of sp³-hybridized carbons (Fsp3) is 0.312. The minimum atomic E-state index is -1.37. The Morgan fingerprint density at radius 2 is 1.80 bits per heavy atom. The number of amides is 1. The van der Waals surface area contributed by atoms with Crippen LogP contribution in [0.4, 0.5) is 0 Å². The van der Waals surface area contributed by atoms with E-state index in [0.717, 1.165) is 16.7 Å². The van der Waals surface area contributed by atoms with Crippen LogP contribution in [0.5, 0.6) is 17.2 Å². The number of aliphatic carboxylic acids is 1. The molecule has 1 aromatic carbocycles. The summed E-state index contributed by atoms with van der Waals surface area (Å²) in [5.74, 6) is -0.551. The molecule has 2 rings (SSSR count). The van der Waals surface area contributed by atoms with Gasteiger partial charge in [0.15, 0.2) is 11.5 Å². The summed E-state index contributed by atoms with van der Waals surface area (Å²) in [7, 11) is 4.47. The minimum absolute atomic E-state index is 0.167. The van der Waals surface area contributed by atoms with E-state index in [0.29, 0.717) is 27.7 Å². The van der Waals surface area contributed by atoms with E-state index in [1.54, 1.807) is 18.2 Å². The molecule has 1 heterocycles. The molecule has 0 aromatic heterocycles. The molecule has 0 bridgehead atoms. The first kappa shape index (κ1) is 19.1. The van der Waals surface area contributed by atoms with Crippen LogP contribution in [-0.2, 0) is 9.59 Å². The lowest BCUT2D eigenvalue weighted by Gasteiger charge is -2.23. The molecular formula is C16H16NO6S2-. The zero-order valence-corrected chi connectivity index (χ0v) is 15.7. The molecule has 0 aliphatic carbocycles. The Balaban J connectivity index is 2.43. The van der Waals surface area contributed by atoms with Crippen LogP contribution in [0.2, 0.25) is 0 Å². The summed E-state index contributed by atoms with van der Waals surface area (Å²) in [5.41, 5.74) is 0.621. The number of thiocarbonyl (C=S) groups is 1. The van der Waals surface area contributed by atoms with Gasteiger partial charge in [0, 0.05) is 0 Å². The predicted octanol–water partition coefficient (Wildman–Crippen LogP) is 1.05. The fourth-order valence-corrected chi connectivity index (χ4v) is 3.67. The second-order valence-corrected chi connectivity index (χ2v) is 6.68. The van der Waals surface area contributed by atoms with Crippen molar-refractivity contribution in [3.63, 3.8) is 0 Å². The third kappa shape index (κ3) is 3.72. The van der Waals surface area contributed by atoms with Crippen LogP contribution in [0.1, 0.15) is 12.5 Å². The average molecular weight is 382 g/mol. The largest absolute Gasteiger partial charge is 0.548 e. The van der Waals surface area contributed by atoms with Crippen molar-refractivity contribution < 1.29 is 28.9 Å². The Morgan fingerprint density at radius 3 is 2.24 bits per heavy atom. The molecular weight excluding hydrogens is 366 g/mol. The summed E-state index contributed by atoms with van der Waals surface area (Å²) in [4.78, 5) is 24.8. The lowest BCUT2D eigenvalue weighted by atomic mass is 10.1. The van der Waals surface area contributed by atoms with E-state index in [9.17, 15) is 14.7 Å². The number of nitrogens with zero attached hydrogens (tertiary/aromatic N) is 1. The van der Waals surface area contributed by atoms with Gasteiger partial charge in [-0.05, 0) is 30.7 Å². The van der Waals surface area contributed by atoms with Crippen molar-refractivity contribution in [3.05, 3.63) is 22.6 Å². The topological polar surface area (TPSA) is 88.1 Å². The number of rotatable bonds is 6. The van der Waals surface area contributed by atoms with Crippen molar-refractivity contribution in [2.24, 2.45) is 0 Å². The highest BCUT2D eigenvalue weighted by atomic mass is 32.2. The third-order valence-corrected chi connectivity index (χ3v) is 4.87. The molecule has 134 valence electrons. The van der Waals surface area contributed by atoms with Crippen molar-refractivity contribution in [2.45, 2.75) is 13.0 Å². The first-order chi connectivity index (χ1) is 11.8. The monoisotopic (exact) mass is 382 g/mol. The van der Waals surface area contributed by atoms with Crippen molar-refractivity contribution in [1.82, 2.24) is 4.90 Å². The zero-order valence-electron chi connectivity index (χ0n) is 14.0. The van der Waals surface area contributed by atoms with E-state index in [1.807, 2.05) is 0 Å². The standard InChI is InChI=1S/C16H17NO6S2/c1-8(15(19)20)17-14(18)12(25-16(17)24)7-9-5-10(21-2)13(23-4)11(6-9)22-3/h5-8H,1-4H3,(H,19,20)/p-1/b12-7+/t8-/m1/s1. The number of carbonyl (C=O) groups excluding carboxylic acids is 2. The maximum Gasteiger partial charge on any atom is 0.266 e. The van der Waals surface area contributed by atoms with Gasteiger partial charge in [0.25, 0.3) is 5.91 Å². The second-order valence-electron chi connectivity index (χ2n) is 5.01. The number of ether oxygens (including phenoxy) is 3. The van der Waals surface area contributed by atoms with E-state index in [2.05, 4.69) is 0 Å². The molecule has 1 saturated heterocycles. The summed E-state index contributed by atoms with van der Waals surface area (Å²) < 4.78 is 16.0. The molecule has 1 aliphatic heterocycles. The SMILES string of the molecule is COc1cc(/C=C2/SC(=S)N([C@H](C)C(=O)[O-])C2=O)cc(OC)c1OC. The Labute approximate surface area is 154 Å². The quantitative estimate of drug-likeness (QED) is 0.533. The van der Waals surface area contributed by atoms with Crippen LogP contribution in [0.15, 0.2) is 17.0 Å². The molecule has 1 aromatic rings. The number of hydrogen-bond donors (Lipinski definition) is 0. The Kier molecular flexibility index (Phi) is 5.91. The van der Waals surface area contributed by atoms with Crippen LogP contribution in [0, 0.1) is 0 Å². The van der Waals surface area contributed by atoms with E-state index in [4.69, 9.17) is 26.4 Å². The van der Waals surface area contributed by atoms with Crippen LogP contribution in [-0.4, -0.2) is 48.5 Å². The van der Waals surface area contributed by atoms with Crippen molar-refractivity contribution in [1.29, 1.82) is 0 Å². The second kappa shape index (κ2) is 7.75. The summed E-state index contributed by atoms with van der Waals surface area (Å²) in [6.07, 6.45) is 1.59. The molecule has 7 nitrogen and oxygen atoms in total. The molecule has 1 amide bonds. The molecule has 1 aliphatic rings. The molecule has 0 radical (unpaired) electrons. The van der Waals surface area contributed by atoms with Crippen molar-refractivity contribution >= 4 is 46.3 Å². The molecule has 0 saturated carbocycles. The molecule has 0 N–H and O–H groups in total. The first-order valence-electron chi connectivity index (χ1n) is 7.12. The highest BCUT2D eigenvalue weighted by molar-refractivity contribution is 8.26. The zero-order chi connectivity index (χ0) is 18.7. The lowest BCUT2D eigenvalue weighted by molar-refractivity contribution is -0.309. The first-order valence-corrected chi connectivity index (χ1v) is 8.34.